The summed E-state index contributed by atoms with van der Waals surface area (Å²) in [5, 5.41) is 7.48. The second-order valence-electron chi connectivity index (χ2n) is 7.25. The Balaban J connectivity index is 0.00000420. The second-order valence-corrected chi connectivity index (χ2v) is 7.66. The fraction of sp³-hybridized carbons (Fsp3) is 0.619. The molecule has 1 fully saturated rings. The molecule has 1 aromatic rings. The molecule has 0 aliphatic carbocycles. The molecule has 1 aromatic carbocycles. The number of nitrogens with two attached hydrogens (primary N) is 1. The Hall–Kier alpha value is -1.06. The molecule has 8 heteroatoms. The number of nitrogens with zero attached hydrogens (tertiary/aromatic N) is 2. The van der Waals surface area contributed by atoms with Gasteiger partial charge in [-0.1, -0.05) is 29.8 Å². The van der Waals surface area contributed by atoms with E-state index in [9.17, 15) is 4.79 Å². The van der Waals surface area contributed by atoms with E-state index < -0.39 is 0 Å². The smallest absolute Gasteiger partial charge is 0.220 e. The van der Waals surface area contributed by atoms with Crippen LogP contribution in [0.4, 0.5) is 0 Å². The number of amides is 1. The molecule has 1 heterocycles. The molecule has 1 saturated heterocycles. The summed E-state index contributed by atoms with van der Waals surface area (Å²) >= 11 is 6.21. The van der Waals surface area contributed by atoms with Crippen LogP contribution in [0.3, 0.4) is 0 Å². The summed E-state index contributed by atoms with van der Waals surface area (Å²) in [4.78, 5) is 18.3. The van der Waals surface area contributed by atoms with E-state index in [0.717, 1.165) is 87.9 Å². The van der Waals surface area contributed by atoms with Crippen LogP contribution in [0.25, 0.3) is 0 Å². The highest BCUT2D eigenvalue weighted by Crippen LogP contribution is 2.17. The van der Waals surface area contributed by atoms with Crippen LogP contribution in [0.2, 0.25) is 5.02 Å². The lowest BCUT2D eigenvalue weighted by atomic mass is 9.96. The van der Waals surface area contributed by atoms with Gasteiger partial charge in [-0.2, -0.15) is 0 Å². The number of hydrogen-bond donors (Lipinski definition) is 3. The molecule has 1 aliphatic rings. The number of carbonyl (C=O) groups excluding carboxylic acids is 1. The number of primary amides is 1. The highest BCUT2D eigenvalue weighted by Gasteiger charge is 2.22. The van der Waals surface area contributed by atoms with Crippen molar-refractivity contribution >= 4 is 47.4 Å². The zero-order chi connectivity index (χ0) is 20.2. The molecule has 0 bridgehead atoms. The summed E-state index contributed by atoms with van der Waals surface area (Å²) in [5.74, 6) is 0.782. The number of unbranched alkanes of at least 4 members (excludes halogenated alkanes) is 1. The van der Waals surface area contributed by atoms with Crippen LogP contribution in [0.5, 0.6) is 0 Å². The number of carbonyl (C=O) groups is 1. The quantitative estimate of drug-likeness (QED) is 0.186. The van der Waals surface area contributed by atoms with Crippen molar-refractivity contribution in [3.05, 3.63) is 34.9 Å². The molecule has 6 nitrogen and oxygen atoms in total. The first kappa shape index (κ1) is 26.0. The van der Waals surface area contributed by atoms with Gasteiger partial charge in [0.25, 0.3) is 0 Å². The van der Waals surface area contributed by atoms with Gasteiger partial charge in [-0.05, 0) is 70.3 Å². The summed E-state index contributed by atoms with van der Waals surface area (Å²) in [6.45, 7) is 7.53. The summed E-state index contributed by atoms with van der Waals surface area (Å²) in [6.07, 6.45) is 4.83. The molecule has 0 aromatic heterocycles. The van der Waals surface area contributed by atoms with Crippen molar-refractivity contribution in [1.29, 1.82) is 0 Å². The zero-order valence-electron chi connectivity index (χ0n) is 17.3. The molecule has 2 rings (SSSR count). The van der Waals surface area contributed by atoms with Gasteiger partial charge in [0.2, 0.25) is 5.91 Å². The third-order valence-electron chi connectivity index (χ3n) is 5.13. The first-order valence-electron chi connectivity index (χ1n) is 10.4. The Kier molecular flexibility index (Phi) is 13.3. The van der Waals surface area contributed by atoms with E-state index >= 15 is 0 Å². The molecule has 164 valence electrons. The number of nitrogens with one attached hydrogen (secondary N) is 2. The lowest BCUT2D eigenvalue weighted by Gasteiger charge is -2.30. The molecular weight excluding hydrogens is 501 g/mol. The van der Waals surface area contributed by atoms with Gasteiger partial charge in [0.05, 0.1) is 0 Å². The average molecular weight is 536 g/mol. The molecule has 0 unspecified atom stereocenters. The van der Waals surface area contributed by atoms with Crippen LogP contribution in [0.15, 0.2) is 29.3 Å². The van der Waals surface area contributed by atoms with Gasteiger partial charge in [0.1, 0.15) is 0 Å². The third kappa shape index (κ3) is 10.00. The summed E-state index contributed by atoms with van der Waals surface area (Å²) in [6, 6.07) is 7.94. The number of likely N-dealkylation sites (tertiary alicyclic amines) is 1. The third-order valence-corrected chi connectivity index (χ3v) is 5.50. The normalized spacial score (nSPS) is 15.6. The molecular formula is C21H35ClIN5O. The van der Waals surface area contributed by atoms with Crippen molar-refractivity contribution in [3.63, 3.8) is 0 Å². The van der Waals surface area contributed by atoms with Gasteiger partial charge in [0, 0.05) is 30.6 Å². The first-order valence-corrected chi connectivity index (χ1v) is 10.7. The topological polar surface area (TPSA) is 82.8 Å². The van der Waals surface area contributed by atoms with Crippen LogP contribution >= 0.6 is 35.6 Å². The standard InChI is InChI=1S/C21H34ClN5O.HI/c1-2-24-21(26-13-9-17-7-3-4-8-19(17)22)25-12-5-6-14-27-15-10-18(11-16-27)20(23)28;/h3-4,7-8,18H,2,5-6,9-16H2,1H3,(H2,23,28)(H2,24,25,26);1H. The van der Waals surface area contributed by atoms with Crippen molar-refractivity contribution in [2.75, 3.05) is 39.3 Å². The van der Waals surface area contributed by atoms with E-state index in [0.29, 0.717) is 0 Å². The molecule has 29 heavy (non-hydrogen) atoms. The van der Waals surface area contributed by atoms with Crippen LogP contribution in [-0.2, 0) is 11.2 Å². The Morgan fingerprint density at radius 1 is 1.24 bits per heavy atom. The van der Waals surface area contributed by atoms with Gasteiger partial charge in [-0.3, -0.25) is 9.79 Å². The Bertz CT molecular complexity index is 635. The number of hydrogen-bond acceptors (Lipinski definition) is 3. The van der Waals surface area contributed by atoms with Crippen LogP contribution < -0.4 is 16.4 Å². The fourth-order valence-corrected chi connectivity index (χ4v) is 3.67. The number of halogens is 2. The van der Waals surface area contributed by atoms with Gasteiger partial charge in [-0.25, -0.2) is 0 Å². The summed E-state index contributed by atoms with van der Waals surface area (Å²) < 4.78 is 0. The van der Waals surface area contributed by atoms with E-state index in [-0.39, 0.29) is 35.8 Å². The Labute approximate surface area is 197 Å². The Morgan fingerprint density at radius 3 is 2.62 bits per heavy atom. The van der Waals surface area contributed by atoms with Crippen molar-refractivity contribution in [2.45, 2.75) is 39.0 Å². The minimum atomic E-state index is -0.146. The average Bonchev–Trinajstić information content (AvgIpc) is 2.69. The highest BCUT2D eigenvalue weighted by molar-refractivity contribution is 14.0. The minimum absolute atomic E-state index is 0. The fourth-order valence-electron chi connectivity index (χ4n) is 3.44. The summed E-state index contributed by atoms with van der Waals surface area (Å²) in [5.41, 5.74) is 6.54. The Morgan fingerprint density at radius 2 is 1.97 bits per heavy atom. The van der Waals surface area contributed by atoms with Gasteiger partial charge >= 0.3 is 0 Å². The predicted octanol–water partition coefficient (Wildman–Crippen LogP) is 3.03. The first-order chi connectivity index (χ1) is 13.6. The largest absolute Gasteiger partial charge is 0.369 e. The SMILES string of the molecule is CCNC(=NCCCCN1CCC(C(N)=O)CC1)NCCc1ccccc1Cl.I. The number of benzene rings is 1. The minimum Gasteiger partial charge on any atom is -0.369 e. The molecule has 1 aliphatic heterocycles. The van der Waals surface area contributed by atoms with Crippen molar-refractivity contribution < 1.29 is 4.79 Å². The van der Waals surface area contributed by atoms with Crippen molar-refractivity contribution in [3.8, 4) is 0 Å². The lowest BCUT2D eigenvalue weighted by molar-refractivity contribution is -0.123. The molecule has 0 radical (unpaired) electrons. The predicted molar refractivity (Wildman–Crippen MR) is 132 cm³/mol. The number of piperidine rings is 1. The lowest BCUT2D eigenvalue weighted by Crippen LogP contribution is -2.39. The van der Waals surface area contributed by atoms with E-state index in [1.54, 1.807) is 0 Å². The zero-order valence-corrected chi connectivity index (χ0v) is 20.4. The van der Waals surface area contributed by atoms with E-state index in [1.807, 2.05) is 18.2 Å². The van der Waals surface area contributed by atoms with Gasteiger partial charge in [-0.15, -0.1) is 24.0 Å². The van der Waals surface area contributed by atoms with Crippen LogP contribution in [0, 0.1) is 5.92 Å². The molecule has 0 saturated carbocycles. The number of rotatable bonds is 10. The maximum atomic E-state index is 11.2. The molecule has 0 spiro atoms. The maximum Gasteiger partial charge on any atom is 0.220 e. The highest BCUT2D eigenvalue weighted by atomic mass is 127. The van der Waals surface area contributed by atoms with Crippen LogP contribution in [0.1, 0.15) is 38.2 Å². The number of guanidine groups is 1. The van der Waals surface area contributed by atoms with E-state index in [4.69, 9.17) is 17.3 Å². The van der Waals surface area contributed by atoms with Crippen molar-refractivity contribution in [2.24, 2.45) is 16.6 Å². The number of aliphatic imine (C=N–C) groups is 1. The van der Waals surface area contributed by atoms with Gasteiger partial charge < -0.3 is 21.3 Å². The van der Waals surface area contributed by atoms with E-state index in [2.05, 4.69) is 33.5 Å². The van der Waals surface area contributed by atoms with Crippen molar-refractivity contribution in [1.82, 2.24) is 15.5 Å². The molecule has 1 amide bonds. The molecule has 4 N–H and O–H groups in total. The monoisotopic (exact) mass is 535 g/mol. The second kappa shape index (κ2) is 14.8. The van der Waals surface area contributed by atoms with E-state index in [1.165, 1.54) is 0 Å². The maximum absolute atomic E-state index is 11.2. The van der Waals surface area contributed by atoms with Crippen LogP contribution in [-0.4, -0.2) is 56.0 Å². The summed E-state index contributed by atoms with van der Waals surface area (Å²) in [7, 11) is 0. The molecule has 0 atom stereocenters. The van der Waals surface area contributed by atoms with Gasteiger partial charge in [0.15, 0.2) is 5.96 Å².